The lowest BCUT2D eigenvalue weighted by atomic mass is 9.98. The molecule has 1 aromatic heterocycles. The predicted octanol–water partition coefficient (Wildman–Crippen LogP) is 3.90. The summed E-state index contributed by atoms with van der Waals surface area (Å²) in [6, 6.07) is 10.3. The average molecular weight is 411 g/mol. The highest BCUT2D eigenvalue weighted by Gasteiger charge is 2.23. The molecule has 1 aliphatic rings. The monoisotopic (exact) mass is 410 g/mol. The number of rotatable bonds is 5. The number of piperidine rings is 1. The Balaban J connectivity index is 1.75. The van der Waals surface area contributed by atoms with Crippen LogP contribution in [0.25, 0.3) is 0 Å². The van der Waals surface area contributed by atoms with E-state index in [0.717, 1.165) is 24.4 Å². The molecule has 2 unspecified atom stereocenters. The van der Waals surface area contributed by atoms with Gasteiger partial charge in [0.1, 0.15) is 11.6 Å². The van der Waals surface area contributed by atoms with Gasteiger partial charge in [-0.3, -0.25) is 9.69 Å². The molecule has 2 atom stereocenters. The van der Waals surface area contributed by atoms with Crippen molar-refractivity contribution >= 4 is 17.2 Å². The fraction of sp³-hybridized carbons (Fsp3) is 0.522. The van der Waals surface area contributed by atoms with Gasteiger partial charge in [-0.15, -0.1) is 0 Å². The van der Waals surface area contributed by atoms with Gasteiger partial charge in [0.15, 0.2) is 0 Å². The van der Waals surface area contributed by atoms with Gasteiger partial charge < -0.3 is 0 Å². The van der Waals surface area contributed by atoms with Gasteiger partial charge in [0.25, 0.3) is 5.91 Å². The fourth-order valence-electron chi connectivity index (χ4n) is 3.65. The van der Waals surface area contributed by atoms with Crippen molar-refractivity contribution in [2.75, 3.05) is 6.54 Å². The molecule has 1 saturated heterocycles. The highest BCUT2D eigenvalue weighted by molar-refractivity contribution is 7.08. The summed E-state index contributed by atoms with van der Waals surface area (Å²) in [5.74, 6) is 6.31. The fourth-order valence-corrected chi connectivity index (χ4v) is 4.65. The van der Waals surface area contributed by atoms with Crippen molar-refractivity contribution < 1.29 is 4.79 Å². The van der Waals surface area contributed by atoms with E-state index in [4.69, 9.17) is 0 Å². The maximum atomic E-state index is 12.5. The number of aromatic nitrogens is 2. The van der Waals surface area contributed by atoms with Crippen LogP contribution in [-0.4, -0.2) is 39.2 Å². The summed E-state index contributed by atoms with van der Waals surface area (Å²) in [6.45, 7) is 7.94. The molecule has 5 nitrogen and oxygen atoms in total. The molecule has 1 amide bonds. The molecule has 3 rings (SSSR count). The van der Waals surface area contributed by atoms with E-state index in [1.54, 1.807) is 16.8 Å². The second-order valence-electron chi connectivity index (χ2n) is 7.62. The molecule has 6 heteroatoms. The van der Waals surface area contributed by atoms with Gasteiger partial charge in [0.2, 0.25) is 4.80 Å². The molecule has 29 heavy (non-hydrogen) atoms. The third-order valence-corrected chi connectivity index (χ3v) is 6.34. The highest BCUT2D eigenvalue weighted by atomic mass is 32.1. The summed E-state index contributed by atoms with van der Waals surface area (Å²) in [5.41, 5.74) is 0.587. The summed E-state index contributed by atoms with van der Waals surface area (Å²) in [4.78, 5) is 19.9. The van der Waals surface area contributed by atoms with Crippen LogP contribution in [0.4, 0.5) is 0 Å². The van der Waals surface area contributed by atoms with Crippen molar-refractivity contribution in [1.82, 2.24) is 14.7 Å². The lowest BCUT2D eigenvalue weighted by Gasteiger charge is -2.37. The van der Waals surface area contributed by atoms with Gasteiger partial charge in [-0.25, -0.2) is 4.68 Å². The lowest BCUT2D eigenvalue weighted by molar-refractivity contribution is 0.0997. The lowest BCUT2D eigenvalue weighted by Crippen LogP contribution is -2.43. The molecular weight excluding hydrogens is 380 g/mol. The molecule has 0 radical (unpaired) electrons. The van der Waals surface area contributed by atoms with Crippen LogP contribution in [0.1, 0.15) is 61.8 Å². The Labute approximate surface area is 177 Å². The molecular formula is C23H30N4OS. The summed E-state index contributed by atoms with van der Waals surface area (Å²) in [5, 5.41) is 5.63. The molecule has 0 aliphatic carbocycles. The van der Waals surface area contributed by atoms with Crippen molar-refractivity contribution in [3.05, 3.63) is 45.7 Å². The first-order chi connectivity index (χ1) is 14.1. The Morgan fingerprint density at radius 2 is 1.86 bits per heavy atom. The number of amides is 1. The van der Waals surface area contributed by atoms with Crippen molar-refractivity contribution in [2.45, 2.75) is 71.5 Å². The maximum absolute atomic E-state index is 12.5. The minimum atomic E-state index is -0.241. The van der Waals surface area contributed by atoms with Crippen LogP contribution in [0.3, 0.4) is 0 Å². The Morgan fingerprint density at radius 1 is 1.17 bits per heavy atom. The number of hydrogen-bond acceptors (Lipinski definition) is 4. The second kappa shape index (κ2) is 10.5. The molecule has 0 saturated carbocycles. The zero-order chi connectivity index (χ0) is 20.6. The smallest absolute Gasteiger partial charge is 0.279 e. The Hall–Kier alpha value is -2.23. The first-order valence-corrected chi connectivity index (χ1v) is 11.3. The van der Waals surface area contributed by atoms with Gasteiger partial charge >= 0.3 is 0 Å². The number of nitrogens with zero attached hydrogens (tertiary/aromatic N) is 4. The number of carbonyl (C=O) groups is 1. The largest absolute Gasteiger partial charge is 0.287 e. The Bertz CT molecular complexity index is 925. The maximum Gasteiger partial charge on any atom is 0.279 e. The molecule has 0 spiro atoms. The second-order valence-corrected chi connectivity index (χ2v) is 8.66. The van der Waals surface area contributed by atoms with Crippen LogP contribution in [0.2, 0.25) is 0 Å². The SMILES string of the molecule is CCCc1nn(CC#CCN2C(C)CCCC2C)c(=NC(=O)c2ccccc2)s1. The van der Waals surface area contributed by atoms with Crippen molar-refractivity contribution in [1.29, 1.82) is 0 Å². The minimum Gasteiger partial charge on any atom is -0.287 e. The normalized spacial score (nSPS) is 20.3. The highest BCUT2D eigenvalue weighted by Crippen LogP contribution is 2.21. The van der Waals surface area contributed by atoms with Crippen LogP contribution in [0.5, 0.6) is 0 Å². The number of carbonyl (C=O) groups excluding carboxylic acids is 1. The molecule has 2 aromatic rings. The molecule has 1 aliphatic heterocycles. The molecule has 1 aromatic carbocycles. The molecule has 2 heterocycles. The van der Waals surface area contributed by atoms with Crippen LogP contribution >= 0.6 is 11.3 Å². The van der Waals surface area contributed by atoms with Gasteiger partial charge in [-0.2, -0.15) is 10.1 Å². The molecule has 0 bridgehead atoms. The van der Waals surface area contributed by atoms with E-state index in [1.807, 2.05) is 18.2 Å². The van der Waals surface area contributed by atoms with E-state index < -0.39 is 0 Å². The topological polar surface area (TPSA) is 50.5 Å². The summed E-state index contributed by atoms with van der Waals surface area (Å²) >= 11 is 1.48. The molecule has 154 valence electrons. The van der Waals surface area contributed by atoms with E-state index in [1.165, 1.54) is 30.6 Å². The van der Waals surface area contributed by atoms with Crippen molar-refractivity contribution in [3.8, 4) is 11.8 Å². The van der Waals surface area contributed by atoms with Crippen LogP contribution < -0.4 is 4.80 Å². The summed E-state index contributed by atoms with van der Waals surface area (Å²) in [7, 11) is 0. The first kappa shape index (κ1) is 21.5. The van der Waals surface area contributed by atoms with E-state index in [-0.39, 0.29) is 5.91 Å². The third-order valence-electron chi connectivity index (χ3n) is 5.34. The third kappa shape index (κ3) is 5.88. The Morgan fingerprint density at radius 3 is 2.55 bits per heavy atom. The van der Waals surface area contributed by atoms with Crippen LogP contribution in [-0.2, 0) is 13.0 Å². The summed E-state index contributed by atoms with van der Waals surface area (Å²) < 4.78 is 1.77. The number of hydrogen-bond donors (Lipinski definition) is 0. The van der Waals surface area contributed by atoms with Crippen LogP contribution in [0, 0.1) is 11.8 Å². The zero-order valence-corrected chi connectivity index (χ0v) is 18.4. The number of benzene rings is 1. The van der Waals surface area contributed by atoms with Gasteiger partial charge in [0.05, 0.1) is 6.54 Å². The van der Waals surface area contributed by atoms with Gasteiger partial charge in [-0.1, -0.05) is 54.7 Å². The zero-order valence-electron chi connectivity index (χ0n) is 17.6. The van der Waals surface area contributed by atoms with E-state index in [0.29, 0.717) is 29.0 Å². The molecule has 1 fully saturated rings. The van der Waals surface area contributed by atoms with E-state index in [9.17, 15) is 4.79 Å². The van der Waals surface area contributed by atoms with Gasteiger partial charge in [0, 0.05) is 24.1 Å². The van der Waals surface area contributed by atoms with E-state index >= 15 is 0 Å². The van der Waals surface area contributed by atoms with Crippen LogP contribution in [0.15, 0.2) is 35.3 Å². The predicted molar refractivity (Wildman–Crippen MR) is 118 cm³/mol. The van der Waals surface area contributed by atoms with Gasteiger partial charge in [-0.05, 0) is 45.2 Å². The number of likely N-dealkylation sites (tertiary alicyclic amines) is 1. The number of aryl methyl sites for hydroxylation is 1. The Kier molecular flexibility index (Phi) is 7.79. The van der Waals surface area contributed by atoms with Crippen molar-refractivity contribution in [3.63, 3.8) is 0 Å². The average Bonchev–Trinajstić information content (AvgIpc) is 3.09. The quantitative estimate of drug-likeness (QED) is 0.703. The van der Waals surface area contributed by atoms with Crippen molar-refractivity contribution in [2.24, 2.45) is 4.99 Å². The first-order valence-electron chi connectivity index (χ1n) is 10.5. The molecule has 0 N–H and O–H groups in total. The standard InChI is InChI=1S/C23H30N4OS/c1-4-11-21-25-27(17-9-8-16-26-18(2)12-10-13-19(26)3)23(29-21)24-22(28)20-14-6-5-7-15-20/h5-7,14-15,18-19H,4,10-13,16-17H2,1-3H3. The van der Waals surface area contributed by atoms with E-state index in [2.05, 4.69) is 47.6 Å². The summed E-state index contributed by atoms with van der Waals surface area (Å²) in [6.07, 6.45) is 5.70. The minimum absolute atomic E-state index is 0.241.